The van der Waals surface area contributed by atoms with Crippen LogP contribution in [-0.2, 0) is 4.79 Å². The molecule has 0 radical (unpaired) electrons. The summed E-state index contributed by atoms with van der Waals surface area (Å²) in [4.78, 5) is 12.4. The third-order valence-corrected chi connectivity index (χ3v) is 2.70. The summed E-state index contributed by atoms with van der Waals surface area (Å²) < 4.78 is 24.2. The number of hydrogen-bond acceptors (Lipinski definition) is 3. The number of aliphatic hydroxyl groups is 1. The Hall–Kier alpha value is -0.360. The van der Waals surface area contributed by atoms with Crippen molar-refractivity contribution in [3.63, 3.8) is 0 Å². The summed E-state index contributed by atoms with van der Waals surface area (Å²) in [5.74, 6) is -0.159. The predicted octanol–water partition coefficient (Wildman–Crippen LogP) is 1.21. The molecule has 0 aliphatic heterocycles. The van der Waals surface area contributed by atoms with Crippen LogP contribution in [0.1, 0.15) is 13.8 Å². The van der Waals surface area contributed by atoms with Gasteiger partial charge in [0.1, 0.15) is 0 Å². The lowest BCUT2D eigenvalue weighted by molar-refractivity contribution is -0.130. The molecule has 90 valence electrons. The van der Waals surface area contributed by atoms with E-state index in [0.717, 1.165) is 4.90 Å². The Balaban J connectivity index is 4.04. The normalized spacial score (nSPS) is 11.1. The van der Waals surface area contributed by atoms with Crippen molar-refractivity contribution in [3.8, 4) is 0 Å². The lowest BCUT2D eigenvalue weighted by Crippen LogP contribution is -2.38. The number of aliphatic hydroxyl groups excluding tert-OH is 1. The van der Waals surface area contributed by atoms with Crippen LogP contribution in [0.25, 0.3) is 0 Å². The van der Waals surface area contributed by atoms with E-state index in [9.17, 15) is 13.6 Å². The second-order valence-corrected chi connectivity index (χ2v) is 4.88. The quantitative estimate of drug-likeness (QED) is 0.728. The highest BCUT2D eigenvalue weighted by Crippen LogP contribution is 2.10. The van der Waals surface area contributed by atoms with Gasteiger partial charge in [0, 0.05) is 6.54 Å². The number of nitrogens with zero attached hydrogens (tertiary/aromatic N) is 1. The maximum atomic E-state index is 12.1. The fraction of sp³-hybridized carbons (Fsp3) is 0.889. The summed E-state index contributed by atoms with van der Waals surface area (Å²) >= 11 is 1.40. The van der Waals surface area contributed by atoms with Crippen LogP contribution in [0, 0.1) is 0 Å². The van der Waals surface area contributed by atoms with Crippen molar-refractivity contribution in [2.24, 2.45) is 0 Å². The zero-order valence-corrected chi connectivity index (χ0v) is 9.77. The molecular formula is C9H17F2NO2S. The molecule has 3 nitrogen and oxygen atoms in total. The second-order valence-electron chi connectivity index (χ2n) is 3.31. The highest BCUT2D eigenvalue weighted by molar-refractivity contribution is 8.00. The number of hydrogen-bond donors (Lipinski definition) is 1. The van der Waals surface area contributed by atoms with E-state index in [-0.39, 0.29) is 30.1 Å². The van der Waals surface area contributed by atoms with Gasteiger partial charge in [-0.2, -0.15) is 0 Å². The number of alkyl halides is 2. The van der Waals surface area contributed by atoms with Crippen LogP contribution < -0.4 is 0 Å². The van der Waals surface area contributed by atoms with Crippen molar-refractivity contribution < 1.29 is 18.7 Å². The SMILES string of the molecule is CC(C)SCC(=O)N(CCO)CC(F)F. The maximum absolute atomic E-state index is 12.1. The molecule has 6 heteroatoms. The fourth-order valence-corrected chi connectivity index (χ4v) is 1.59. The van der Waals surface area contributed by atoms with E-state index in [2.05, 4.69) is 0 Å². The molecule has 0 bridgehead atoms. The standard InChI is InChI=1S/C9H17F2NO2S/c1-7(2)15-6-9(14)12(3-4-13)5-8(10)11/h7-8,13H,3-6H2,1-2H3. The Morgan fingerprint density at radius 2 is 2.07 bits per heavy atom. The van der Waals surface area contributed by atoms with Crippen LogP contribution in [0.3, 0.4) is 0 Å². The van der Waals surface area contributed by atoms with Gasteiger partial charge in [-0.1, -0.05) is 13.8 Å². The lowest BCUT2D eigenvalue weighted by Gasteiger charge is -2.21. The molecule has 1 amide bonds. The van der Waals surface area contributed by atoms with Crippen molar-refractivity contribution in [1.29, 1.82) is 0 Å². The fourth-order valence-electron chi connectivity index (χ4n) is 0.934. The Bertz CT molecular complexity index is 191. The number of carbonyl (C=O) groups is 1. The van der Waals surface area contributed by atoms with E-state index in [4.69, 9.17) is 5.11 Å². The van der Waals surface area contributed by atoms with E-state index in [0.29, 0.717) is 0 Å². The molecule has 0 saturated heterocycles. The molecule has 0 aromatic heterocycles. The molecule has 0 saturated carbocycles. The number of carbonyl (C=O) groups excluding carboxylic acids is 1. The van der Waals surface area contributed by atoms with Crippen LogP contribution in [0.15, 0.2) is 0 Å². The number of amides is 1. The van der Waals surface area contributed by atoms with Gasteiger partial charge in [-0.3, -0.25) is 4.79 Å². The monoisotopic (exact) mass is 241 g/mol. The maximum Gasteiger partial charge on any atom is 0.255 e. The summed E-state index contributed by atoms with van der Waals surface area (Å²) in [6.07, 6.45) is -2.55. The first-order valence-corrected chi connectivity index (χ1v) is 5.80. The zero-order chi connectivity index (χ0) is 11.8. The van der Waals surface area contributed by atoms with Gasteiger partial charge in [0.2, 0.25) is 5.91 Å². The highest BCUT2D eigenvalue weighted by Gasteiger charge is 2.17. The summed E-state index contributed by atoms with van der Waals surface area (Å²) in [5, 5.41) is 8.92. The molecule has 1 N–H and O–H groups in total. The van der Waals surface area contributed by atoms with Crippen molar-refractivity contribution in [1.82, 2.24) is 4.90 Å². The molecule has 0 atom stereocenters. The van der Waals surface area contributed by atoms with Crippen molar-refractivity contribution >= 4 is 17.7 Å². The molecule has 0 fully saturated rings. The third kappa shape index (κ3) is 7.56. The van der Waals surface area contributed by atoms with E-state index >= 15 is 0 Å². The Morgan fingerprint density at radius 3 is 2.47 bits per heavy atom. The Kier molecular flexibility index (Phi) is 7.68. The lowest BCUT2D eigenvalue weighted by atomic mass is 10.4. The van der Waals surface area contributed by atoms with Gasteiger partial charge in [-0.25, -0.2) is 8.78 Å². The summed E-state index contributed by atoms with van der Waals surface area (Å²) in [7, 11) is 0. The number of thioether (sulfide) groups is 1. The highest BCUT2D eigenvalue weighted by atomic mass is 32.2. The van der Waals surface area contributed by atoms with Crippen LogP contribution in [0.4, 0.5) is 8.78 Å². The van der Waals surface area contributed by atoms with Crippen molar-refractivity contribution in [2.45, 2.75) is 25.5 Å². The molecule has 0 aromatic carbocycles. The van der Waals surface area contributed by atoms with Crippen LogP contribution in [0.5, 0.6) is 0 Å². The molecule has 15 heavy (non-hydrogen) atoms. The number of rotatable bonds is 7. The summed E-state index contributed by atoms with van der Waals surface area (Å²) in [6, 6.07) is 0. The van der Waals surface area contributed by atoms with E-state index in [1.54, 1.807) is 0 Å². The van der Waals surface area contributed by atoms with Gasteiger partial charge in [-0.05, 0) is 5.25 Å². The average Bonchev–Trinajstić information content (AvgIpc) is 2.12. The molecule has 0 aliphatic rings. The van der Waals surface area contributed by atoms with Gasteiger partial charge >= 0.3 is 0 Å². The summed E-state index contributed by atoms with van der Waals surface area (Å²) in [5.41, 5.74) is 0. The zero-order valence-electron chi connectivity index (χ0n) is 8.95. The van der Waals surface area contributed by atoms with E-state index < -0.39 is 13.0 Å². The van der Waals surface area contributed by atoms with Gasteiger partial charge in [-0.15, -0.1) is 11.8 Å². The largest absolute Gasteiger partial charge is 0.395 e. The topological polar surface area (TPSA) is 40.5 Å². The smallest absolute Gasteiger partial charge is 0.255 e. The van der Waals surface area contributed by atoms with Crippen LogP contribution in [0.2, 0.25) is 0 Å². The molecule has 0 heterocycles. The van der Waals surface area contributed by atoms with Crippen LogP contribution in [-0.4, -0.2) is 53.0 Å². The van der Waals surface area contributed by atoms with Crippen molar-refractivity contribution in [3.05, 3.63) is 0 Å². The van der Waals surface area contributed by atoms with Crippen LogP contribution >= 0.6 is 11.8 Å². The van der Waals surface area contributed by atoms with E-state index in [1.807, 2.05) is 13.8 Å². The Morgan fingerprint density at radius 1 is 1.47 bits per heavy atom. The minimum Gasteiger partial charge on any atom is -0.395 e. The van der Waals surface area contributed by atoms with Crippen molar-refractivity contribution in [2.75, 3.05) is 25.4 Å². The molecule has 0 unspecified atom stereocenters. The average molecular weight is 241 g/mol. The van der Waals surface area contributed by atoms with Gasteiger partial charge < -0.3 is 10.0 Å². The number of halogens is 2. The molecule has 0 spiro atoms. The third-order valence-electron chi connectivity index (χ3n) is 1.62. The molecule has 0 aliphatic carbocycles. The first-order valence-electron chi connectivity index (χ1n) is 4.75. The summed E-state index contributed by atoms with van der Waals surface area (Å²) in [6.45, 7) is 2.95. The van der Waals surface area contributed by atoms with Gasteiger partial charge in [0.25, 0.3) is 6.43 Å². The predicted molar refractivity (Wildman–Crippen MR) is 57.3 cm³/mol. The van der Waals surface area contributed by atoms with Gasteiger partial charge in [0.05, 0.1) is 18.9 Å². The Labute approximate surface area is 92.8 Å². The first-order chi connectivity index (χ1) is 6.97. The first kappa shape index (κ1) is 14.6. The molecular weight excluding hydrogens is 224 g/mol. The molecule has 0 rings (SSSR count). The minimum atomic E-state index is -2.55. The molecule has 0 aromatic rings. The minimum absolute atomic E-state index is 0.0260. The van der Waals surface area contributed by atoms with E-state index in [1.165, 1.54) is 11.8 Å². The van der Waals surface area contributed by atoms with Gasteiger partial charge in [0.15, 0.2) is 0 Å². The second kappa shape index (κ2) is 7.87.